The van der Waals surface area contributed by atoms with Crippen LogP contribution in [0.2, 0.25) is 0 Å². The maximum atomic E-state index is 3.38. The van der Waals surface area contributed by atoms with Gasteiger partial charge in [0.1, 0.15) is 0 Å². The smallest absolute Gasteiger partial charge is 0.00500 e. The molecule has 0 aromatic rings. The van der Waals surface area contributed by atoms with Crippen LogP contribution in [0.15, 0.2) is 0 Å². The lowest BCUT2D eigenvalue weighted by atomic mass is 9.81. The molecule has 1 atom stereocenters. The third kappa shape index (κ3) is 3.74. The molecule has 0 radical (unpaired) electrons. The van der Waals surface area contributed by atoms with Gasteiger partial charge in [0, 0.05) is 19.6 Å². The highest BCUT2D eigenvalue weighted by atomic mass is 15.1. The summed E-state index contributed by atoms with van der Waals surface area (Å²) in [4.78, 5) is 2.69. The first kappa shape index (κ1) is 14.0. The van der Waals surface area contributed by atoms with Crippen molar-refractivity contribution in [1.82, 2.24) is 10.2 Å². The summed E-state index contributed by atoms with van der Waals surface area (Å²) in [6.07, 6.45) is 5.39. The summed E-state index contributed by atoms with van der Waals surface area (Å²) in [7, 11) is 2.08. The Morgan fingerprint density at radius 3 is 2.50 bits per heavy atom. The quantitative estimate of drug-likeness (QED) is 0.749. The van der Waals surface area contributed by atoms with E-state index in [0.717, 1.165) is 12.5 Å². The van der Waals surface area contributed by atoms with Gasteiger partial charge in [-0.15, -0.1) is 0 Å². The fourth-order valence-corrected chi connectivity index (χ4v) is 3.06. The van der Waals surface area contributed by atoms with Crippen molar-refractivity contribution in [3.05, 3.63) is 0 Å². The highest BCUT2D eigenvalue weighted by Gasteiger charge is 2.29. The van der Waals surface area contributed by atoms with E-state index in [2.05, 4.69) is 38.0 Å². The van der Waals surface area contributed by atoms with Crippen LogP contribution in [0.4, 0.5) is 0 Å². The van der Waals surface area contributed by atoms with E-state index in [1.54, 1.807) is 0 Å². The second kappa shape index (κ2) is 6.61. The number of hydrogen-bond donors (Lipinski definition) is 1. The molecule has 0 spiro atoms. The first-order valence-electron chi connectivity index (χ1n) is 7.02. The van der Waals surface area contributed by atoms with Crippen molar-refractivity contribution >= 4 is 0 Å². The molecule has 16 heavy (non-hydrogen) atoms. The average molecular weight is 226 g/mol. The molecule has 1 rings (SSSR count). The highest BCUT2D eigenvalue weighted by molar-refractivity contribution is 4.84. The van der Waals surface area contributed by atoms with Crippen LogP contribution < -0.4 is 5.32 Å². The molecule has 0 amide bonds. The van der Waals surface area contributed by atoms with Crippen LogP contribution in [0, 0.1) is 11.3 Å². The Balaban J connectivity index is 2.52. The van der Waals surface area contributed by atoms with Crippen LogP contribution in [0.5, 0.6) is 0 Å². The predicted octanol–water partition coefficient (Wildman–Crippen LogP) is 2.74. The van der Waals surface area contributed by atoms with Gasteiger partial charge in [-0.2, -0.15) is 0 Å². The number of rotatable bonds is 6. The van der Waals surface area contributed by atoms with Gasteiger partial charge < -0.3 is 10.2 Å². The van der Waals surface area contributed by atoms with E-state index < -0.39 is 0 Å². The van der Waals surface area contributed by atoms with Gasteiger partial charge in [0.15, 0.2) is 0 Å². The van der Waals surface area contributed by atoms with Gasteiger partial charge in [0.05, 0.1) is 0 Å². The van der Waals surface area contributed by atoms with Gasteiger partial charge in [-0.05, 0) is 50.6 Å². The van der Waals surface area contributed by atoms with Gasteiger partial charge in [0.25, 0.3) is 0 Å². The van der Waals surface area contributed by atoms with Crippen molar-refractivity contribution < 1.29 is 0 Å². The molecule has 1 unspecified atom stereocenters. The zero-order chi connectivity index (χ0) is 12.0. The summed E-state index contributed by atoms with van der Waals surface area (Å²) in [5.41, 5.74) is 0.492. The van der Waals surface area contributed by atoms with Crippen LogP contribution >= 0.6 is 0 Å². The van der Waals surface area contributed by atoms with Crippen molar-refractivity contribution in [3.8, 4) is 0 Å². The van der Waals surface area contributed by atoms with E-state index in [4.69, 9.17) is 0 Å². The maximum Gasteiger partial charge on any atom is 0.00500 e. The Morgan fingerprint density at radius 2 is 2.00 bits per heavy atom. The zero-order valence-electron chi connectivity index (χ0n) is 11.7. The van der Waals surface area contributed by atoms with Crippen LogP contribution in [-0.4, -0.2) is 38.1 Å². The fourth-order valence-electron chi connectivity index (χ4n) is 3.06. The van der Waals surface area contributed by atoms with E-state index in [1.165, 1.54) is 45.3 Å². The summed E-state index contributed by atoms with van der Waals surface area (Å²) >= 11 is 0. The molecule has 0 bridgehead atoms. The highest BCUT2D eigenvalue weighted by Crippen LogP contribution is 2.28. The molecule has 0 aliphatic carbocycles. The minimum atomic E-state index is 0.492. The van der Waals surface area contributed by atoms with Crippen LogP contribution in [-0.2, 0) is 0 Å². The lowest BCUT2D eigenvalue weighted by molar-refractivity contribution is 0.0994. The Morgan fingerprint density at radius 1 is 1.31 bits per heavy atom. The third-order valence-corrected chi connectivity index (χ3v) is 4.35. The van der Waals surface area contributed by atoms with Crippen LogP contribution in [0.1, 0.15) is 46.5 Å². The molecular weight excluding hydrogens is 196 g/mol. The van der Waals surface area contributed by atoms with E-state index in [-0.39, 0.29) is 0 Å². The first-order valence-corrected chi connectivity index (χ1v) is 7.02. The summed E-state index contributed by atoms with van der Waals surface area (Å²) in [6, 6.07) is 0. The van der Waals surface area contributed by atoms with Crippen molar-refractivity contribution in [1.29, 1.82) is 0 Å². The maximum absolute atomic E-state index is 3.38. The number of hydrogen-bond acceptors (Lipinski definition) is 2. The van der Waals surface area contributed by atoms with Crippen molar-refractivity contribution in [2.75, 3.05) is 33.2 Å². The minimum absolute atomic E-state index is 0.492. The summed E-state index contributed by atoms with van der Waals surface area (Å²) in [5, 5.41) is 3.38. The van der Waals surface area contributed by atoms with Gasteiger partial charge in [-0.3, -0.25) is 0 Å². The number of nitrogens with zero attached hydrogens (tertiary/aromatic N) is 1. The van der Waals surface area contributed by atoms with E-state index in [1.807, 2.05) is 0 Å². The molecule has 0 saturated carbocycles. The Kier molecular flexibility index (Phi) is 5.77. The third-order valence-electron chi connectivity index (χ3n) is 4.35. The molecule has 0 aromatic heterocycles. The average Bonchev–Trinajstić information content (AvgIpc) is 2.28. The molecule has 1 N–H and O–H groups in total. The lowest BCUT2D eigenvalue weighted by Crippen LogP contribution is -2.46. The molecule has 1 heterocycles. The second-order valence-electron chi connectivity index (χ2n) is 5.72. The second-order valence-corrected chi connectivity index (χ2v) is 5.72. The predicted molar refractivity (Wildman–Crippen MR) is 71.8 cm³/mol. The number of likely N-dealkylation sites (tertiary alicyclic amines) is 1. The molecule has 96 valence electrons. The SMILES string of the molecule is CCC(CC)(CNC)CN1CCCC(C)C1. The van der Waals surface area contributed by atoms with Gasteiger partial charge in [0.2, 0.25) is 0 Å². The molecule has 2 heteroatoms. The topological polar surface area (TPSA) is 15.3 Å². The Hall–Kier alpha value is -0.0800. The van der Waals surface area contributed by atoms with Crippen LogP contribution in [0.3, 0.4) is 0 Å². The number of nitrogens with one attached hydrogen (secondary N) is 1. The molecule has 2 nitrogen and oxygen atoms in total. The standard InChI is InChI=1S/C14H30N2/c1-5-14(6-2,11-15-4)12-16-9-7-8-13(3)10-16/h13,15H,5-12H2,1-4H3. The van der Waals surface area contributed by atoms with E-state index in [0.29, 0.717) is 5.41 Å². The first-order chi connectivity index (χ1) is 7.65. The largest absolute Gasteiger partial charge is 0.319 e. The Bertz CT molecular complexity index is 187. The fraction of sp³-hybridized carbons (Fsp3) is 1.00. The normalized spacial score (nSPS) is 23.6. The van der Waals surface area contributed by atoms with E-state index >= 15 is 0 Å². The zero-order valence-corrected chi connectivity index (χ0v) is 11.7. The summed E-state index contributed by atoms with van der Waals surface area (Å²) in [5.74, 6) is 0.898. The van der Waals surface area contributed by atoms with Crippen molar-refractivity contribution in [3.63, 3.8) is 0 Å². The van der Waals surface area contributed by atoms with Crippen molar-refractivity contribution in [2.45, 2.75) is 46.5 Å². The summed E-state index contributed by atoms with van der Waals surface area (Å²) in [6.45, 7) is 12.1. The number of piperidine rings is 1. The Labute approximate surface area is 102 Å². The molecular formula is C14H30N2. The molecule has 1 saturated heterocycles. The lowest BCUT2D eigenvalue weighted by Gasteiger charge is -2.40. The molecule has 1 aliphatic rings. The van der Waals surface area contributed by atoms with Crippen LogP contribution in [0.25, 0.3) is 0 Å². The molecule has 1 fully saturated rings. The van der Waals surface area contributed by atoms with E-state index in [9.17, 15) is 0 Å². The molecule has 0 aromatic carbocycles. The minimum Gasteiger partial charge on any atom is -0.319 e. The van der Waals surface area contributed by atoms with Gasteiger partial charge in [-0.1, -0.05) is 20.8 Å². The monoisotopic (exact) mass is 226 g/mol. The van der Waals surface area contributed by atoms with Crippen molar-refractivity contribution in [2.24, 2.45) is 11.3 Å². The summed E-state index contributed by atoms with van der Waals surface area (Å²) < 4.78 is 0. The van der Waals surface area contributed by atoms with Gasteiger partial charge in [-0.25, -0.2) is 0 Å². The molecule has 1 aliphatic heterocycles. The van der Waals surface area contributed by atoms with Gasteiger partial charge >= 0.3 is 0 Å².